The predicted molar refractivity (Wildman–Crippen MR) is 93.4 cm³/mol. The zero-order valence-electron chi connectivity index (χ0n) is 14.5. The number of carbonyl (C=O) groups is 1. The fraction of sp³-hybridized carbons (Fsp3) is 0.200. The minimum absolute atomic E-state index is 0.0723. The van der Waals surface area contributed by atoms with Gasteiger partial charge in [0.25, 0.3) is 0 Å². The van der Waals surface area contributed by atoms with Crippen LogP contribution in [0.2, 0.25) is 0 Å². The lowest BCUT2D eigenvalue weighted by Crippen LogP contribution is -2.12. The number of aromatic nitrogens is 2. The summed E-state index contributed by atoms with van der Waals surface area (Å²) in [7, 11) is 1.31. The van der Waals surface area contributed by atoms with E-state index in [4.69, 9.17) is 0 Å². The number of imidazole rings is 1. The maximum absolute atomic E-state index is 13.2. The number of hydrogen-bond donors (Lipinski definition) is 0. The summed E-state index contributed by atoms with van der Waals surface area (Å²) in [5.41, 5.74) is 0.859. The molecule has 0 saturated carbocycles. The monoisotopic (exact) mass is 374 g/mol. The van der Waals surface area contributed by atoms with Gasteiger partial charge in [-0.15, -0.1) is 0 Å². The number of benzene rings is 2. The van der Waals surface area contributed by atoms with Crippen molar-refractivity contribution in [3.63, 3.8) is 0 Å². The lowest BCUT2D eigenvalue weighted by molar-refractivity contribution is -0.138. The first-order chi connectivity index (χ1) is 12.9. The van der Waals surface area contributed by atoms with Gasteiger partial charge in [0.05, 0.1) is 18.2 Å². The summed E-state index contributed by atoms with van der Waals surface area (Å²) >= 11 is 0. The van der Waals surface area contributed by atoms with Crippen LogP contribution in [0.15, 0.2) is 60.9 Å². The van der Waals surface area contributed by atoms with Gasteiger partial charge in [0.1, 0.15) is 5.82 Å². The van der Waals surface area contributed by atoms with Gasteiger partial charge in [0, 0.05) is 25.4 Å². The van der Waals surface area contributed by atoms with Crippen molar-refractivity contribution in [3.8, 4) is 0 Å². The van der Waals surface area contributed by atoms with Gasteiger partial charge in [-0.25, -0.2) is 9.78 Å². The number of methoxy groups -OCH3 is 1. The second-order valence-electron chi connectivity index (χ2n) is 5.99. The van der Waals surface area contributed by atoms with Gasteiger partial charge in [0.2, 0.25) is 0 Å². The first-order valence-corrected chi connectivity index (χ1v) is 8.21. The zero-order chi connectivity index (χ0) is 19.4. The van der Waals surface area contributed by atoms with Crippen LogP contribution in [0.1, 0.15) is 32.9 Å². The third kappa shape index (κ3) is 4.36. The summed E-state index contributed by atoms with van der Waals surface area (Å²) in [5, 5.41) is 0. The van der Waals surface area contributed by atoms with E-state index >= 15 is 0 Å². The van der Waals surface area contributed by atoms with Crippen LogP contribution in [0.25, 0.3) is 0 Å². The average molecular weight is 374 g/mol. The Morgan fingerprint density at radius 1 is 1.11 bits per heavy atom. The molecule has 0 aliphatic rings. The molecular formula is C20H17F3N2O2. The van der Waals surface area contributed by atoms with Crippen LogP contribution in [-0.4, -0.2) is 22.6 Å². The number of rotatable bonds is 5. The molecule has 0 unspecified atom stereocenters. The summed E-state index contributed by atoms with van der Waals surface area (Å²) in [6, 6.07) is 12.4. The van der Waals surface area contributed by atoms with Crippen LogP contribution in [0.5, 0.6) is 0 Å². The van der Waals surface area contributed by atoms with Crippen molar-refractivity contribution in [2.24, 2.45) is 0 Å². The van der Waals surface area contributed by atoms with Gasteiger partial charge in [-0.05, 0) is 29.3 Å². The molecule has 27 heavy (non-hydrogen) atoms. The quantitative estimate of drug-likeness (QED) is 0.625. The summed E-state index contributed by atoms with van der Waals surface area (Å²) in [6.45, 7) is 0.435. The minimum Gasteiger partial charge on any atom is -0.465 e. The highest BCUT2D eigenvalue weighted by atomic mass is 19.4. The Morgan fingerprint density at radius 2 is 1.81 bits per heavy atom. The van der Waals surface area contributed by atoms with Gasteiger partial charge in [-0.1, -0.05) is 30.3 Å². The fourth-order valence-electron chi connectivity index (χ4n) is 2.83. The molecule has 0 saturated heterocycles. The van der Waals surface area contributed by atoms with Crippen molar-refractivity contribution in [2.45, 2.75) is 19.1 Å². The molecule has 3 aromatic rings. The molecule has 1 aromatic heterocycles. The number of carbonyl (C=O) groups excluding carboxylic acids is 1. The van der Waals surface area contributed by atoms with Crippen molar-refractivity contribution in [1.82, 2.24) is 9.55 Å². The second-order valence-corrected chi connectivity index (χ2v) is 5.99. The third-order valence-corrected chi connectivity index (χ3v) is 4.20. The normalized spacial score (nSPS) is 11.4. The number of nitrogens with zero attached hydrogens (tertiary/aromatic N) is 2. The van der Waals surface area contributed by atoms with Crippen molar-refractivity contribution in [3.05, 3.63) is 89.0 Å². The third-order valence-electron chi connectivity index (χ3n) is 4.20. The first kappa shape index (κ1) is 18.7. The lowest BCUT2D eigenvalue weighted by Gasteiger charge is -2.13. The van der Waals surface area contributed by atoms with E-state index in [9.17, 15) is 18.0 Å². The van der Waals surface area contributed by atoms with Crippen molar-refractivity contribution in [2.75, 3.05) is 7.11 Å². The van der Waals surface area contributed by atoms with Crippen molar-refractivity contribution < 1.29 is 22.7 Å². The standard InChI is InChI=1S/C20H17F3N2O2/c1-27-19(26)15-8-6-14(7-9-15)13-25-11-10-24-18(25)12-16-4-2-3-5-17(16)20(21,22)23/h2-11H,12-13H2,1H3. The molecule has 0 fully saturated rings. The van der Waals surface area contributed by atoms with E-state index < -0.39 is 17.7 Å². The summed E-state index contributed by atoms with van der Waals surface area (Å²) in [5.74, 6) is 0.109. The van der Waals surface area contributed by atoms with Gasteiger partial charge < -0.3 is 9.30 Å². The van der Waals surface area contributed by atoms with E-state index in [1.54, 1.807) is 47.3 Å². The van der Waals surface area contributed by atoms with Crippen molar-refractivity contribution in [1.29, 1.82) is 0 Å². The Labute approximate surface area is 154 Å². The molecule has 0 N–H and O–H groups in total. The molecule has 0 aliphatic heterocycles. The molecule has 0 aliphatic carbocycles. The number of ether oxygens (including phenoxy) is 1. The highest BCUT2D eigenvalue weighted by Gasteiger charge is 2.33. The van der Waals surface area contributed by atoms with E-state index in [0.29, 0.717) is 17.9 Å². The van der Waals surface area contributed by atoms with E-state index in [1.807, 2.05) is 0 Å². The molecular weight excluding hydrogens is 357 g/mol. The van der Waals surface area contributed by atoms with Crippen LogP contribution >= 0.6 is 0 Å². The van der Waals surface area contributed by atoms with E-state index in [1.165, 1.54) is 19.2 Å². The first-order valence-electron chi connectivity index (χ1n) is 8.21. The van der Waals surface area contributed by atoms with Crippen LogP contribution < -0.4 is 0 Å². The number of hydrogen-bond acceptors (Lipinski definition) is 3. The lowest BCUT2D eigenvalue weighted by atomic mass is 10.0. The van der Waals surface area contributed by atoms with E-state index in [0.717, 1.165) is 11.6 Å². The zero-order valence-corrected chi connectivity index (χ0v) is 14.5. The molecule has 0 bridgehead atoms. The molecule has 0 spiro atoms. The SMILES string of the molecule is COC(=O)c1ccc(Cn2ccnc2Cc2ccccc2C(F)(F)F)cc1. The molecule has 4 nitrogen and oxygen atoms in total. The maximum Gasteiger partial charge on any atom is 0.416 e. The molecule has 7 heteroatoms. The van der Waals surface area contributed by atoms with Crippen LogP contribution in [0.3, 0.4) is 0 Å². The van der Waals surface area contributed by atoms with Crippen LogP contribution in [0.4, 0.5) is 13.2 Å². The largest absolute Gasteiger partial charge is 0.465 e. The highest BCUT2D eigenvalue weighted by Crippen LogP contribution is 2.32. The minimum atomic E-state index is -4.41. The number of alkyl halides is 3. The smallest absolute Gasteiger partial charge is 0.416 e. The predicted octanol–water partition coefficient (Wildman–Crippen LogP) is 4.33. The van der Waals surface area contributed by atoms with Gasteiger partial charge in [0.15, 0.2) is 0 Å². The maximum atomic E-state index is 13.2. The molecule has 0 amide bonds. The van der Waals surface area contributed by atoms with Gasteiger partial charge in [-0.3, -0.25) is 0 Å². The molecule has 1 heterocycles. The Hall–Kier alpha value is -3.09. The van der Waals surface area contributed by atoms with Gasteiger partial charge in [-0.2, -0.15) is 13.2 Å². The highest BCUT2D eigenvalue weighted by molar-refractivity contribution is 5.89. The average Bonchev–Trinajstić information content (AvgIpc) is 3.08. The van der Waals surface area contributed by atoms with E-state index in [2.05, 4.69) is 9.72 Å². The summed E-state index contributed by atoms with van der Waals surface area (Å²) < 4.78 is 46.0. The molecule has 2 aromatic carbocycles. The van der Waals surface area contributed by atoms with Crippen molar-refractivity contribution >= 4 is 5.97 Å². The number of halogens is 3. The summed E-state index contributed by atoms with van der Waals surface area (Å²) in [6.07, 6.45) is -1.05. The Bertz CT molecular complexity index is 931. The molecule has 0 radical (unpaired) electrons. The van der Waals surface area contributed by atoms with Gasteiger partial charge >= 0.3 is 12.1 Å². The molecule has 140 valence electrons. The topological polar surface area (TPSA) is 44.1 Å². The Kier molecular flexibility index (Phi) is 5.30. The molecule has 0 atom stereocenters. The molecule has 3 rings (SSSR count). The fourth-order valence-corrected chi connectivity index (χ4v) is 2.83. The van der Waals surface area contributed by atoms with Crippen LogP contribution in [0, 0.1) is 0 Å². The summed E-state index contributed by atoms with van der Waals surface area (Å²) in [4.78, 5) is 15.7. The Balaban J connectivity index is 1.80. The second kappa shape index (κ2) is 7.65. The van der Waals surface area contributed by atoms with E-state index in [-0.39, 0.29) is 12.0 Å². The van der Waals surface area contributed by atoms with Crippen LogP contribution in [-0.2, 0) is 23.9 Å². The number of esters is 1. The Morgan fingerprint density at radius 3 is 2.48 bits per heavy atom.